The van der Waals surface area contributed by atoms with E-state index in [9.17, 15) is 9.59 Å². The predicted octanol–water partition coefficient (Wildman–Crippen LogP) is 1.62. The molecule has 0 amide bonds. The topological polar surface area (TPSA) is 79.8 Å². The number of rotatable bonds is 5. The first-order chi connectivity index (χ1) is 8.17. The maximum Gasteiger partial charge on any atom is 0.323 e. The van der Waals surface area contributed by atoms with Gasteiger partial charge in [-0.25, -0.2) is 0 Å². The SMILES string of the molecule is CCOC(=O)C1CCC(CC(=O)C=[N+]=[N-])CC1. The van der Waals surface area contributed by atoms with Crippen LogP contribution in [0.15, 0.2) is 0 Å². The lowest BCUT2D eigenvalue weighted by Crippen LogP contribution is -2.25. The predicted molar refractivity (Wildman–Crippen MR) is 61.4 cm³/mol. The average molecular weight is 238 g/mol. The van der Waals surface area contributed by atoms with Gasteiger partial charge in [-0.2, -0.15) is 4.79 Å². The summed E-state index contributed by atoms with van der Waals surface area (Å²) >= 11 is 0. The van der Waals surface area contributed by atoms with Crippen LogP contribution in [0.2, 0.25) is 0 Å². The van der Waals surface area contributed by atoms with E-state index < -0.39 is 0 Å². The smallest absolute Gasteiger partial charge is 0.323 e. The monoisotopic (exact) mass is 238 g/mol. The summed E-state index contributed by atoms with van der Waals surface area (Å²) in [5, 5.41) is 0. The minimum atomic E-state index is -0.160. The molecule has 5 heteroatoms. The van der Waals surface area contributed by atoms with Crippen LogP contribution < -0.4 is 0 Å². The van der Waals surface area contributed by atoms with Gasteiger partial charge in [0.25, 0.3) is 0 Å². The first-order valence-electron chi connectivity index (χ1n) is 6.04. The van der Waals surface area contributed by atoms with Crippen molar-refractivity contribution in [2.45, 2.75) is 39.0 Å². The average Bonchev–Trinajstić information content (AvgIpc) is 2.30. The van der Waals surface area contributed by atoms with Crippen LogP contribution in [0.4, 0.5) is 0 Å². The molecule has 0 aromatic carbocycles. The largest absolute Gasteiger partial charge is 0.466 e. The molecule has 0 bridgehead atoms. The molecule has 0 radical (unpaired) electrons. The van der Waals surface area contributed by atoms with Gasteiger partial charge >= 0.3 is 12.2 Å². The van der Waals surface area contributed by atoms with Gasteiger partial charge in [-0.05, 0) is 38.5 Å². The maximum atomic E-state index is 11.5. The zero-order chi connectivity index (χ0) is 12.7. The van der Waals surface area contributed by atoms with E-state index in [1.54, 1.807) is 6.92 Å². The van der Waals surface area contributed by atoms with E-state index in [1.165, 1.54) is 0 Å². The van der Waals surface area contributed by atoms with E-state index in [4.69, 9.17) is 10.3 Å². The standard InChI is InChI=1S/C12H18N2O3/c1-2-17-12(16)10-5-3-9(4-6-10)7-11(15)8-14-13/h8-10H,2-7H2,1H3. The molecule has 1 rings (SSSR count). The summed E-state index contributed by atoms with van der Waals surface area (Å²) in [4.78, 5) is 25.4. The fraction of sp³-hybridized carbons (Fsp3) is 0.750. The third-order valence-corrected chi connectivity index (χ3v) is 3.16. The molecule has 1 aliphatic rings. The van der Waals surface area contributed by atoms with E-state index in [0.29, 0.717) is 18.9 Å². The Balaban J connectivity index is 2.33. The minimum Gasteiger partial charge on any atom is -0.466 e. The second-order valence-electron chi connectivity index (χ2n) is 4.38. The Morgan fingerprint density at radius 2 is 2.00 bits per heavy atom. The molecular formula is C12H18N2O3. The summed E-state index contributed by atoms with van der Waals surface area (Å²) in [6.45, 7) is 2.22. The molecule has 0 N–H and O–H groups in total. The van der Waals surface area contributed by atoms with Crippen molar-refractivity contribution in [3.05, 3.63) is 5.53 Å². The molecule has 0 aromatic heterocycles. The van der Waals surface area contributed by atoms with Crippen molar-refractivity contribution in [3.8, 4) is 0 Å². The molecule has 0 spiro atoms. The molecule has 0 saturated heterocycles. The molecule has 0 heterocycles. The summed E-state index contributed by atoms with van der Waals surface area (Å²) in [5.41, 5.74) is 8.23. The highest BCUT2D eigenvalue weighted by Gasteiger charge is 2.28. The zero-order valence-electron chi connectivity index (χ0n) is 10.1. The van der Waals surface area contributed by atoms with Crippen molar-refractivity contribution >= 4 is 18.0 Å². The van der Waals surface area contributed by atoms with Gasteiger partial charge in [0.05, 0.1) is 12.5 Å². The Morgan fingerprint density at radius 1 is 1.35 bits per heavy atom. The van der Waals surface area contributed by atoms with Crippen LogP contribution in [0.5, 0.6) is 0 Å². The fourth-order valence-electron chi connectivity index (χ4n) is 2.26. The van der Waals surface area contributed by atoms with E-state index in [1.807, 2.05) is 0 Å². The number of hydrogen-bond donors (Lipinski definition) is 0. The lowest BCUT2D eigenvalue weighted by Gasteiger charge is -2.26. The second kappa shape index (κ2) is 6.97. The third kappa shape index (κ3) is 4.49. The fourth-order valence-corrected chi connectivity index (χ4v) is 2.26. The zero-order valence-corrected chi connectivity index (χ0v) is 10.1. The Kier molecular flexibility index (Phi) is 5.57. The molecule has 0 atom stereocenters. The lowest BCUT2D eigenvalue weighted by molar-refractivity contribution is -0.149. The number of carbonyl (C=O) groups excluding carboxylic acids is 2. The van der Waals surface area contributed by atoms with Crippen LogP contribution in [0, 0.1) is 11.8 Å². The number of carbonyl (C=O) groups is 2. The normalized spacial score (nSPS) is 23.6. The minimum absolute atomic E-state index is 0.00666. The van der Waals surface area contributed by atoms with E-state index in [0.717, 1.165) is 31.9 Å². The van der Waals surface area contributed by atoms with Gasteiger partial charge in [0.1, 0.15) is 0 Å². The summed E-state index contributed by atoms with van der Waals surface area (Å²) in [5.74, 6) is 0.0141. The van der Waals surface area contributed by atoms with Crippen LogP contribution in [0.3, 0.4) is 0 Å². The number of ether oxygens (including phenoxy) is 1. The van der Waals surface area contributed by atoms with Gasteiger partial charge in [-0.1, -0.05) is 0 Å². The highest BCUT2D eigenvalue weighted by molar-refractivity contribution is 6.25. The first kappa shape index (κ1) is 13.6. The molecule has 17 heavy (non-hydrogen) atoms. The van der Waals surface area contributed by atoms with E-state index >= 15 is 0 Å². The summed E-state index contributed by atoms with van der Waals surface area (Å²) in [7, 11) is 0. The van der Waals surface area contributed by atoms with Gasteiger partial charge in [-0.15, -0.1) is 0 Å². The molecule has 1 aliphatic carbocycles. The quantitative estimate of drug-likeness (QED) is 0.316. The summed E-state index contributed by atoms with van der Waals surface area (Å²) < 4.78 is 4.98. The Bertz CT molecular complexity index is 327. The Morgan fingerprint density at radius 3 is 2.53 bits per heavy atom. The van der Waals surface area contributed by atoms with Crippen LogP contribution in [0.1, 0.15) is 39.0 Å². The van der Waals surface area contributed by atoms with Gasteiger partial charge in [0.2, 0.25) is 5.78 Å². The Labute approximate surface area is 101 Å². The van der Waals surface area contributed by atoms with Gasteiger partial charge in [-0.3, -0.25) is 9.59 Å². The maximum absolute atomic E-state index is 11.5. The van der Waals surface area contributed by atoms with Crippen molar-refractivity contribution in [2.24, 2.45) is 11.8 Å². The lowest BCUT2D eigenvalue weighted by atomic mass is 9.80. The molecule has 1 fully saturated rings. The third-order valence-electron chi connectivity index (χ3n) is 3.16. The van der Waals surface area contributed by atoms with Gasteiger partial charge < -0.3 is 10.3 Å². The van der Waals surface area contributed by atoms with Crippen molar-refractivity contribution in [2.75, 3.05) is 6.61 Å². The van der Waals surface area contributed by atoms with Crippen LogP contribution in [0.25, 0.3) is 5.53 Å². The van der Waals surface area contributed by atoms with Crippen LogP contribution in [-0.4, -0.2) is 29.4 Å². The molecule has 1 saturated carbocycles. The van der Waals surface area contributed by atoms with Gasteiger partial charge in [0, 0.05) is 6.42 Å². The number of Topliss-reactive ketones (excluding diaryl/α,β-unsaturated/α-hetero) is 1. The molecule has 0 aliphatic heterocycles. The Hall–Kier alpha value is -1.48. The first-order valence-corrected chi connectivity index (χ1v) is 6.04. The van der Waals surface area contributed by atoms with Crippen molar-refractivity contribution in [3.63, 3.8) is 0 Å². The molecule has 5 nitrogen and oxygen atoms in total. The molecule has 94 valence electrons. The van der Waals surface area contributed by atoms with Crippen LogP contribution >= 0.6 is 0 Å². The highest BCUT2D eigenvalue weighted by Crippen LogP contribution is 2.31. The highest BCUT2D eigenvalue weighted by atomic mass is 16.5. The second-order valence-corrected chi connectivity index (χ2v) is 4.38. The molecule has 0 aromatic rings. The number of hydrogen-bond acceptors (Lipinski definition) is 3. The van der Waals surface area contributed by atoms with Gasteiger partial charge in [0.15, 0.2) is 0 Å². The van der Waals surface area contributed by atoms with E-state index in [2.05, 4.69) is 4.79 Å². The summed E-state index contributed by atoms with van der Waals surface area (Å²) in [6.07, 6.45) is 4.63. The van der Waals surface area contributed by atoms with Crippen molar-refractivity contribution in [1.82, 2.24) is 0 Å². The molecule has 0 unspecified atom stereocenters. The van der Waals surface area contributed by atoms with Crippen molar-refractivity contribution < 1.29 is 19.1 Å². The summed E-state index contributed by atoms with van der Waals surface area (Å²) in [6, 6.07) is 0. The number of nitrogens with zero attached hydrogens (tertiary/aromatic N) is 2. The van der Waals surface area contributed by atoms with Crippen molar-refractivity contribution in [1.29, 1.82) is 0 Å². The molecular weight excluding hydrogens is 220 g/mol. The van der Waals surface area contributed by atoms with E-state index in [-0.39, 0.29) is 17.7 Å². The number of esters is 1. The van der Waals surface area contributed by atoms with Crippen LogP contribution in [-0.2, 0) is 14.3 Å². The number of ketones is 1.